The fraction of sp³-hybridized carbons (Fsp3) is 0.444. The van der Waals surface area contributed by atoms with E-state index in [1.54, 1.807) is 0 Å². The molecule has 140 valence electrons. The lowest BCUT2D eigenvalue weighted by Crippen LogP contribution is -2.44. The first-order valence-corrected chi connectivity index (χ1v) is 8.82. The molecule has 2 aromatic rings. The number of aromatic nitrogens is 2. The summed E-state index contributed by atoms with van der Waals surface area (Å²) in [5.41, 5.74) is 1.21. The third-order valence-corrected chi connectivity index (χ3v) is 4.33. The lowest BCUT2D eigenvalue weighted by Gasteiger charge is -2.20. The zero-order chi connectivity index (χ0) is 18.4. The third-order valence-electron chi connectivity index (χ3n) is 4.33. The van der Waals surface area contributed by atoms with Crippen molar-refractivity contribution in [1.29, 1.82) is 0 Å². The highest BCUT2D eigenvalue weighted by molar-refractivity contribution is 5.80. The van der Waals surface area contributed by atoms with Gasteiger partial charge in [-0.15, -0.1) is 0 Å². The van der Waals surface area contributed by atoms with E-state index < -0.39 is 6.55 Å². The van der Waals surface area contributed by atoms with E-state index in [9.17, 15) is 8.78 Å². The van der Waals surface area contributed by atoms with Gasteiger partial charge in [0.15, 0.2) is 5.96 Å². The summed E-state index contributed by atoms with van der Waals surface area (Å²) in [5.74, 6) is 0.866. The summed E-state index contributed by atoms with van der Waals surface area (Å²) < 4.78 is 26.6. The molecular formula is C18H24F2N6. The summed E-state index contributed by atoms with van der Waals surface area (Å²) in [6.07, 6.45) is 3.63. The van der Waals surface area contributed by atoms with Gasteiger partial charge in [0.1, 0.15) is 12.4 Å². The van der Waals surface area contributed by atoms with E-state index in [1.807, 2.05) is 25.1 Å². The molecule has 1 unspecified atom stereocenters. The molecule has 1 aliphatic heterocycles. The maximum atomic E-state index is 12.9. The van der Waals surface area contributed by atoms with Crippen LogP contribution in [-0.2, 0) is 6.54 Å². The van der Waals surface area contributed by atoms with Crippen LogP contribution in [0.15, 0.2) is 47.7 Å². The molecule has 3 rings (SSSR count). The fourth-order valence-electron chi connectivity index (χ4n) is 3.06. The van der Waals surface area contributed by atoms with E-state index in [1.165, 1.54) is 18.1 Å². The number of halogens is 2. The van der Waals surface area contributed by atoms with Gasteiger partial charge < -0.3 is 15.5 Å². The molecule has 1 fully saturated rings. The van der Waals surface area contributed by atoms with Crippen molar-refractivity contribution in [3.63, 3.8) is 0 Å². The van der Waals surface area contributed by atoms with Gasteiger partial charge in [0, 0.05) is 43.8 Å². The number of nitrogens with one attached hydrogen (secondary N) is 2. The van der Waals surface area contributed by atoms with Gasteiger partial charge in [-0.05, 0) is 25.5 Å². The zero-order valence-corrected chi connectivity index (χ0v) is 14.8. The third kappa shape index (κ3) is 4.50. The largest absolute Gasteiger partial charge is 0.369 e. The van der Waals surface area contributed by atoms with Gasteiger partial charge in [-0.2, -0.15) is 8.78 Å². The Morgan fingerprint density at radius 2 is 2.15 bits per heavy atom. The lowest BCUT2D eigenvalue weighted by molar-refractivity contribution is 0.0671. The number of anilines is 1. The molecule has 0 aliphatic carbocycles. The lowest BCUT2D eigenvalue weighted by atomic mass is 10.3. The van der Waals surface area contributed by atoms with E-state index in [-0.39, 0.29) is 18.4 Å². The summed E-state index contributed by atoms with van der Waals surface area (Å²) in [6, 6.07) is 10.5. The minimum Gasteiger partial charge on any atom is -0.369 e. The summed E-state index contributed by atoms with van der Waals surface area (Å²) in [7, 11) is 0. The van der Waals surface area contributed by atoms with Gasteiger partial charge >= 0.3 is 6.55 Å². The highest BCUT2D eigenvalue weighted by Gasteiger charge is 2.23. The Bertz CT molecular complexity index is 715. The first-order chi connectivity index (χ1) is 12.7. The van der Waals surface area contributed by atoms with Crippen LogP contribution in [-0.4, -0.2) is 41.2 Å². The number of imidazole rings is 1. The Morgan fingerprint density at radius 1 is 1.35 bits per heavy atom. The van der Waals surface area contributed by atoms with Gasteiger partial charge in [0.2, 0.25) is 0 Å². The summed E-state index contributed by atoms with van der Waals surface area (Å²) in [5, 5.41) is 6.57. The topological polar surface area (TPSA) is 57.5 Å². The number of hydrogen-bond acceptors (Lipinski definition) is 3. The fourth-order valence-corrected chi connectivity index (χ4v) is 3.06. The van der Waals surface area contributed by atoms with Gasteiger partial charge in [-0.1, -0.05) is 18.2 Å². The average molecular weight is 362 g/mol. The van der Waals surface area contributed by atoms with Crippen molar-refractivity contribution < 1.29 is 8.78 Å². The molecule has 0 radical (unpaired) electrons. The number of nitrogens with zero attached hydrogens (tertiary/aromatic N) is 4. The molecule has 1 aromatic carbocycles. The molecule has 1 aliphatic rings. The molecule has 2 heterocycles. The van der Waals surface area contributed by atoms with Gasteiger partial charge in [0.05, 0.1) is 0 Å². The molecule has 0 bridgehead atoms. The van der Waals surface area contributed by atoms with Gasteiger partial charge in [-0.25, -0.2) is 9.98 Å². The molecule has 0 saturated carbocycles. The van der Waals surface area contributed by atoms with Crippen LogP contribution in [0.25, 0.3) is 0 Å². The normalized spacial score (nSPS) is 17.8. The highest BCUT2D eigenvalue weighted by atomic mass is 19.3. The molecule has 0 amide bonds. The van der Waals surface area contributed by atoms with Crippen molar-refractivity contribution in [3.05, 3.63) is 48.5 Å². The quantitative estimate of drug-likeness (QED) is 0.613. The molecule has 1 atom stereocenters. The molecule has 0 spiro atoms. The number of guanidine groups is 1. The minimum atomic E-state index is -2.60. The van der Waals surface area contributed by atoms with E-state index in [0.717, 1.165) is 24.1 Å². The average Bonchev–Trinajstić information content (AvgIpc) is 3.30. The van der Waals surface area contributed by atoms with Crippen LogP contribution in [0, 0.1) is 0 Å². The van der Waals surface area contributed by atoms with Crippen molar-refractivity contribution >= 4 is 11.6 Å². The number of rotatable bonds is 6. The van der Waals surface area contributed by atoms with Crippen LogP contribution >= 0.6 is 0 Å². The molecule has 8 heteroatoms. The Morgan fingerprint density at radius 3 is 2.88 bits per heavy atom. The molecule has 2 N–H and O–H groups in total. The van der Waals surface area contributed by atoms with Crippen molar-refractivity contribution in [2.75, 3.05) is 24.5 Å². The predicted octanol–water partition coefficient (Wildman–Crippen LogP) is 2.61. The van der Waals surface area contributed by atoms with Crippen molar-refractivity contribution in [2.45, 2.75) is 32.5 Å². The first-order valence-electron chi connectivity index (χ1n) is 8.82. The Balaban J connectivity index is 1.61. The monoisotopic (exact) mass is 362 g/mol. The molecular weight excluding hydrogens is 338 g/mol. The highest BCUT2D eigenvalue weighted by Crippen LogP contribution is 2.19. The van der Waals surface area contributed by atoms with Gasteiger partial charge in [0.25, 0.3) is 0 Å². The zero-order valence-electron chi connectivity index (χ0n) is 14.8. The Kier molecular flexibility index (Phi) is 6.04. The second-order valence-corrected chi connectivity index (χ2v) is 6.14. The first kappa shape index (κ1) is 18.2. The molecule has 1 saturated heterocycles. The van der Waals surface area contributed by atoms with Crippen molar-refractivity contribution in [3.8, 4) is 0 Å². The van der Waals surface area contributed by atoms with Crippen LogP contribution in [0.5, 0.6) is 0 Å². The van der Waals surface area contributed by atoms with Crippen molar-refractivity contribution in [1.82, 2.24) is 20.2 Å². The maximum Gasteiger partial charge on any atom is 0.319 e. The van der Waals surface area contributed by atoms with E-state index in [4.69, 9.17) is 0 Å². The van der Waals surface area contributed by atoms with E-state index >= 15 is 0 Å². The molecule has 1 aromatic heterocycles. The maximum absolute atomic E-state index is 12.9. The van der Waals surface area contributed by atoms with Gasteiger partial charge in [-0.3, -0.25) is 4.57 Å². The van der Waals surface area contributed by atoms with Crippen LogP contribution in [0.4, 0.5) is 14.5 Å². The summed E-state index contributed by atoms with van der Waals surface area (Å²) in [6.45, 7) is 2.01. The van der Waals surface area contributed by atoms with Crippen LogP contribution in [0.1, 0.15) is 25.7 Å². The smallest absolute Gasteiger partial charge is 0.319 e. The van der Waals surface area contributed by atoms with Crippen LogP contribution in [0.3, 0.4) is 0 Å². The summed E-state index contributed by atoms with van der Waals surface area (Å²) >= 11 is 0. The number of benzene rings is 1. The van der Waals surface area contributed by atoms with E-state index in [2.05, 4.69) is 37.6 Å². The number of hydrogen-bond donors (Lipinski definition) is 2. The Labute approximate surface area is 151 Å². The minimum absolute atomic E-state index is 0.0990. The standard InChI is InChI=1S/C18H24F2N6/c1-2-21-18(23-12-16-22-9-11-26(16)17(19)20)24-14-8-10-25(13-14)15-6-4-3-5-7-15/h3-7,9,11,14,17H,2,8,10,12-13H2,1H3,(H2,21,23,24). The predicted molar refractivity (Wildman–Crippen MR) is 98.5 cm³/mol. The van der Waals surface area contributed by atoms with Crippen molar-refractivity contribution in [2.24, 2.45) is 4.99 Å². The summed E-state index contributed by atoms with van der Waals surface area (Å²) in [4.78, 5) is 10.7. The van der Waals surface area contributed by atoms with E-state index in [0.29, 0.717) is 12.5 Å². The SMILES string of the molecule is CCNC(=NCc1nccn1C(F)F)NC1CCN(c2ccccc2)C1. The second-order valence-electron chi connectivity index (χ2n) is 6.14. The number of para-hydroxylation sites is 1. The Hall–Kier alpha value is -2.64. The number of aliphatic imine (C=N–C) groups is 1. The molecule has 26 heavy (non-hydrogen) atoms. The number of alkyl halides is 2. The second kappa shape index (κ2) is 8.64. The van der Waals surface area contributed by atoms with Crippen LogP contribution in [0.2, 0.25) is 0 Å². The molecule has 6 nitrogen and oxygen atoms in total. The van der Waals surface area contributed by atoms with Crippen LogP contribution < -0.4 is 15.5 Å².